The predicted molar refractivity (Wildman–Crippen MR) is 115 cm³/mol. The van der Waals surface area contributed by atoms with Crippen LogP contribution in [0.3, 0.4) is 0 Å². The number of nitrogens with one attached hydrogen (secondary N) is 1. The molecule has 1 aliphatic rings. The predicted octanol–water partition coefficient (Wildman–Crippen LogP) is 4.63. The lowest BCUT2D eigenvalue weighted by Gasteiger charge is -2.32. The zero-order valence-corrected chi connectivity index (χ0v) is 18.3. The monoisotopic (exact) mass is 415 g/mol. The van der Waals surface area contributed by atoms with Crippen molar-refractivity contribution in [2.45, 2.75) is 52.6 Å². The van der Waals surface area contributed by atoms with Crippen molar-refractivity contribution in [2.24, 2.45) is 5.92 Å². The van der Waals surface area contributed by atoms with Gasteiger partial charge in [0, 0.05) is 36.5 Å². The number of aromatic nitrogens is 1. The molecule has 0 saturated carbocycles. The molecule has 0 spiro atoms. The molecule has 0 radical (unpaired) electrons. The van der Waals surface area contributed by atoms with E-state index in [4.69, 9.17) is 4.74 Å². The van der Waals surface area contributed by atoms with Crippen LogP contribution in [0.1, 0.15) is 49.6 Å². The largest absolute Gasteiger partial charge is 0.444 e. The molecule has 0 bridgehead atoms. The van der Waals surface area contributed by atoms with E-state index in [2.05, 4.69) is 29.4 Å². The average molecular weight is 416 g/mol. The van der Waals surface area contributed by atoms with Crippen LogP contribution in [0.15, 0.2) is 30.5 Å². The van der Waals surface area contributed by atoms with E-state index in [9.17, 15) is 9.59 Å². The first kappa shape index (κ1) is 21.3. The summed E-state index contributed by atoms with van der Waals surface area (Å²) >= 11 is 1.51. The van der Waals surface area contributed by atoms with Crippen LogP contribution >= 0.6 is 11.3 Å². The molecule has 2 heterocycles. The lowest BCUT2D eigenvalue weighted by atomic mass is 9.96. The zero-order valence-electron chi connectivity index (χ0n) is 17.5. The molecule has 6 nitrogen and oxygen atoms in total. The highest BCUT2D eigenvalue weighted by molar-refractivity contribution is 7.15. The van der Waals surface area contributed by atoms with Crippen LogP contribution in [0, 0.1) is 12.8 Å². The molecule has 1 aliphatic heterocycles. The van der Waals surface area contributed by atoms with Crippen molar-refractivity contribution in [3.05, 3.63) is 46.5 Å². The second kappa shape index (κ2) is 8.95. The first-order valence-corrected chi connectivity index (χ1v) is 10.8. The highest BCUT2D eigenvalue weighted by atomic mass is 32.1. The number of amides is 2. The van der Waals surface area contributed by atoms with Crippen LogP contribution in [0.2, 0.25) is 0 Å². The summed E-state index contributed by atoms with van der Waals surface area (Å²) in [6.07, 6.45) is 3.60. The van der Waals surface area contributed by atoms with Crippen molar-refractivity contribution in [1.29, 1.82) is 0 Å². The molecule has 2 aromatic rings. The van der Waals surface area contributed by atoms with Gasteiger partial charge in [-0.15, -0.1) is 11.3 Å². The summed E-state index contributed by atoms with van der Waals surface area (Å²) in [7, 11) is 0. The van der Waals surface area contributed by atoms with E-state index >= 15 is 0 Å². The van der Waals surface area contributed by atoms with Gasteiger partial charge in [0.05, 0.1) is 0 Å². The van der Waals surface area contributed by atoms with Gasteiger partial charge in [-0.05, 0) is 51.7 Å². The fourth-order valence-electron chi connectivity index (χ4n) is 3.30. The molecule has 1 saturated heterocycles. The molecule has 29 heavy (non-hydrogen) atoms. The maximum Gasteiger partial charge on any atom is 0.410 e. The Morgan fingerprint density at radius 2 is 1.93 bits per heavy atom. The van der Waals surface area contributed by atoms with Crippen molar-refractivity contribution < 1.29 is 14.3 Å². The topological polar surface area (TPSA) is 71.5 Å². The Labute approximate surface area is 176 Å². The average Bonchev–Trinajstić information content (AvgIpc) is 3.09. The smallest absolute Gasteiger partial charge is 0.410 e. The first-order valence-electron chi connectivity index (χ1n) is 9.99. The van der Waals surface area contributed by atoms with Gasteiger partial charge in [0.2, 0.25) is 5.91 Å². The number of carbonyl (C=O) groups is 2. The Hall–Kier alpha value is -2.41. The van der Waals surface area contributed by atoms with Crippen molar-refractivity contribution in [2.75, 3.05) is 18.4 Å². The number of nitrogens with zero attached hydrogens (tertiary/aromatic N) is 2. The summed E-state index contributed by atoms with van der Waals surface area (Å²) in [5.41, 5.74) is 2.01. The molecule has 0 atom stereocenters. The normalized spacial score (nSPS) is 15.2. The first-order chi connectivity index (χ1) is 13.7. The molecule has 1 aromatic carbocycles. The van der Waals surface area contributed by atoms with Crippen molar-refractivity contribution in [3.8, 4) is 0 Å². The maximum absolute atomic E-state index is 12.6. The number of rotatable bonds is 4. The van der Waals surface area contributed by atoms with Gasteiger partial charge in [-0.2, -0.15) is 0 Å². The number of hydrogen-bond donors (Lipinski definition) is 1. The van der Waals surface area contributed by atoms with Crippen LogP contribution in [0.5, 0.6) is 0 Å². The SMILES string of the molecule is Cc1ccccc1Cc1cnc(NC(=O)C2CCN(C(=O)OC(C)(C)C)CC2)s1. The van der Waals surface area contributed by atoms with Gasteiger partial charge >= 0.3 is 6.09 Å². The lowest BCUT2D eigenvalue weighted by molar-refractivity contribution is -0.121. The summed E-state index contributed by atoms with van der Waals surface area (Å²) in [6, 6.07) is 8.29. The minimum absolute atomic E-state index is 0.0226. The van der Waals surface area contributed by atoms with Crippen molar-refractivity contribution in [1.82, 2.24) is 9.88 Å². The Balaban J connectivity index is 1.50. The van der Waals surface area contributed by atoms with Crippen molar-refractivity contribution >= 4 is 28.5 Å². The van der Waals surface area contributed by atoms with Gasteiger partial charge in [-0.25, -0.2) is 9.78 Å². The van der Waals surface area contributed by atoms with E-state index < -0.39 is 5.60 Å². The van der Waals surface area contributed by atoms with Crippen LogP contribution in [-0.2, 0) is 16.0 Å². The third-order valence-electron chi connectivity index (χ3n) is 4.93. The third kappa shape index (κ3) is 6.03. The van der Waals surface area contributed by atoms with Gasteiger partial charge in [-0.1, -0.05) is 24.3 Å². The molecular formula is C22H29N3O3S. The fraction of sp³-hybridized carbons (Fsp3) is 0.500. The zero-order chi connectivity index (χ0) is 21.0. The maximum atomic E-state index is 12.6. The van der Waals surface area contributed by atoms with Crippen molar-refractivity contribution in [3.63, 3.8) is 0 Å². The second-order valence-corrected chi connectivity index (χ2v) is 9.58. The van der Waals surface area contributed by atoms with Crippen LogP contribution in [-0.4, -0.2) is 40.6 Å². The lowest BCUT2D eigenvalue weighted by Crippen LogP contribution is -2.43. The number of likely N-dealkylation sites (tertiary alicyclic amines) is 1. The molecular weight excluding hydrogens is 386 g/mol. The molecule has 3 rings (SSSR count). The number of piperidine rings is 1. The highest BCUT2D eigenvalue weighted by Crippen LogP contribution is 2.25. The summed E-state index contributed by atoms with van der Waals surface area (Å²) in [4.78, 5) is 31.9. The molecule has 2 amide bonds. The number of hydrogen-bond acceptors (Lipinski definition) is 5. The van der Waals surface area contributed by atoms with Gasteiger partial charge in [-0.3, -0.25) is 4.79 Å². The van der Waals surface area contributed by atoms with E-state index in [0.717, 1.165) is 11.3 Å². The number of benzene rings is 1. The molecule has 156 valence electrons. The van der Waals surface area contributed by atoms with Crippen LogP contribution in [0.4, 0.5) is 9.93 Å². The quantitative estimate of drug-likeness (QED) is 0.790. The second-order valence-electron chi connectivity index (χ2n) is 8.47. The van der Waals surface area contributed by atoms with E-state index in [1.807, 2.05) is 39.1 Å². The minimum atomic E-state index is -0.508. The molecule has 0 aliphatic carbocycles. The number of carbonyl (C=O) groups excluding carboxylic acids is 2. The number of thiazole rings is 1. The van der Waals surface area contributed by atoms with Crippen LogP contribution in [0.25, 0.3) is 0 Å². The Morgan fingerprint density at radius 3 is 2.59 bits per heavy atom. The highest BCUT2D eigenvalue weighted by Gasteiger charge is 2.30. The summed E-state index contributed by atoms with van der Waals surface area (Å²) in [5, 5.41) is 3.58. The van der Waals surface area contributed by atoms with Gasteiger partial charge in [0.15, 0.2) is 5.13 Å². The summed E-state index contributed by atoms with van der Waals surface area (Å²) in [5.74, 6) is -0.136. The van der Waals surface area contributed by atoms with E-state index in [0.29, 0.717) is 31.1 Å². The number of anilines is 1. The standard InChI is InChI=1S/C22H29N3O3S/c1-15-7-5-6-8-17(15)13-18-14-23-20(29-18)24-19(26)16-9-11-25(12-10-16)21(27)28-22(2,3)4/h5-8,14,16H,9-13H2,1-4H3,(H,23,24,26). The van der Waals surface area contributed by atoms with Gasteiger partial charge in [0.25, 0.3) is 0 Å². The van der Waals surface area contributed by atoms with Crippen LogP contribution < -0.4 is 5.32 Å². The van der Waals surface area contributed by atoms with E-state index in [-0.39, 0.29) is 17.9 Å². The Bertz CT molecular complexity index is 864. The minimum Gasteiger partial charge on any atom is -0.444 e. The fourth-order valence-corrected chi connectivity index (χ4v) is 4.14. The molecule has 7 heteroatoms. The Kier molecular flexibility index (Phi) is 6.57. The third-order valence-corrected chi connectivity index (χ3v) is 5.84. The van der Waals surface area contributed by atoms with Gasteiger partial charge < -0.3 is 15.0 Å². The molecule has 1 N–H and O–H groups in total. The summed E-state index contributed by atoms with van der Waals surface area (Å²) < 4.78 is 5.41. The van der Waals surface area contributed by atoms with E-state index in [1.54, 1.807) is 4.90 Å². The van der Waals surface area contributed by atoms with E-state index in [1.165, 1.54) is 22.5 Å². The molecule has 0 unspecified atom stereocenters. The summed E-state index contributed by atoms with van der Waals surface area (Å²) in [6.45, 7) is 8.72. The molecule has 1 fully saturated rings. The van der Waals surface area contributed by atoms with Gasteiger partial charge in [0.1, 0.15) is 5.60 Å². The molecule has 1 aromatic heterocycles. The number of aryl methyl sites for hydroxylation is 1. The number of ether oxygens (including phenoxy) is 1. The Morgan fingerprint density at radius 1 is 1.24 bits per heavy atom.